The summed E-state index contributed by atoms with van der Waals surface area (Å²) in [4.78, 5) is 0. The lowest BCUT2D eigenvalue weighted by atomic mass is 9.99. The van der Waals surface area contributed by atoms with Crippen LogP contribution in [0.1, 0.15) is 32.1 Å². The van der Waals surface area contributed by atoms with Gasteiger partial charge in [-0.25, -0.2) is 10.0 Å². The maximum Gasteiger partial charge on any atom is 0.0460 e. The molecule has 1 N–H and O–H groups in total. The Morgan fingerprint density at radius 3 is 2.00 bits per heavy atom. The van der Waals surface area contributed by atoms with Gasteiger partial charge in [-0.1, -0.05) is 6.42 Å². The topological polar surface area (TPSA) is 26.7 Å². The lowest BCUT2D eigenvalue weighted by Gasteiger charge is -2.41. The number of hydrogen-bond acceptors (Lipinski definition) is 3. The Balaban J connectivity index is 1.76. The molecule has 14 heavy (non-hydrogen) atoms. The van der Waals surface area contributed by atoms with Crippen molar-refractivity contribution in [3.8, 4) is 0 Å². The Hall–Kier alpha value is -0.120. The zero-order valence-electron chi connectivity index (χ0n) is 8.99. The molecule has 82 valence electrons. The van der Waals surface area contributed by atoms with Gasteiger partial charge in [0.2, 0.25) is 0 Å². The van der Waals surface area contributed by atoms with Crippen LogP contribution in [0.4, 0.5) is 0 Å². The molecule has 2 rings (SSSR count). The van der Waals surface area contributed by atoms with Crippen molar-refractivity contribution >= 4 is 0 Å². The van der Waals surface area contributed by atoms with Crippen molar-refractivity contribution in [2.24, 2.45) is 5.92 Å². The van der Waals surface area contributed by atoms with Crippen molar-refractivity contribution in [1.29, 1.82) is 0 Å². The predicted molar refractivity (Wildman–Crippen MR) is 56.8 cm³/mol. The van der Waals surface area contributed by atoms with Gasteiger partial charge in [-0.15, -0.1) is 0 Å². The highest BCUT2D eigenvalue weighted by Crippen LogP contribution is 2.20. The largest absolute Gasteiger partial charge is 0.396 e. The van der Waals surface area contributed by atoms with Crippen molar-refractivity contribution in [2.45, 2.75) is 32.1 Å². The van der Waals surface area contributed by atoms with Crippen molar-refractivity contribution in [3.05, 3.63) is 0 Å². The summed E-state index contributed by atoms with van der Waals surface area (Å²) in [6, 6.07) is 0. The van der Waals surface area contributed by atoms with E-state index in [4.69, 9.17) is 5.11 Å². The summed E-state index contributed by atoms with van der Waals surface area (Å²) in [5.74, 6) is 0.566. The Labute approximate surface area is 86.7 Å². The molecule has 3 nitrogen and oxygen atoms in total. The summed E-state index contributed by atoms with van der Waals surface area (Å²) < 4.78 is 0. The maximum absolute atomic E-state index is 9.06. The molecule has 0 aromatic rings. The van der Waals surface area contributed by atoms with Gasteiger partial charge in [0, 0.05) is 32.8 Å². The number of aliphatic hydroxyl groups is 1. The van der Waals surface area contributed by atoms with E-state index in [1.165, 1.54) is 45.2 Å². The van der Waals surface area contributed by atoms with E-state index in [2.05, 4.69) is 10.0 Å². The van der Waals surface area contributed by atoms with E-state index in [1.807, 2.05) is 0 Å². The molecule has 0 amide bonds. The van der Waals surface area contributed by atoms with Crippen LogP contribution in [-0.4, -0.2) is 47.9 Å². The third kappa shape index (κ3) is 2.47. The van der Waals surface area contributed by atoms with Crippen molar-refractivity contribution in [1.82, 2.24) is 10.0 Å². The molecule has 2 aliphatic heterocycles. The zero-order chi connectivity index (χ0) is 9.80. The summed E-state index contributed by atoms with van der Waals surface area (Å²) in [6.45, 7) is 5.21. The summed E-state index contributed by atoms with van der Waals surface area (Å²) in [6.07, 6.45) is 6.48. The Morgan fingerprint density at radius 2 is 1.43 bits per heavy atom. The fourth-order valence-electron chi connectivity index (χ4n) is 2.54. The molecule has 2 heterocycles. The fourth-order valence-corrected chi connectivity index (χ4v) is 2.54. The third-order valence-electron chi connectivity index (χ3n) is 3.58. The van der Waals surface area contributed by atoms with Crippen LogP contribution in [0.5, 0.6) is 0 Å². The van der Waals surface area contributed by atoms with E-state index in [9.17, 15) is 0 Å². The van der Waals surface area contributed by atoms with Gasteiger partial charge in [0.25, 0.3) is 0 Å². The van der Waals surface area contributed by atoms with Gasteiger partial charge >= 0.3 is 0 Å². The molecule has 0 radical (unpaired) electrons. The van der Waals surface area contributed by atoms with Crippen molar-refractivity contribution in [2.75, 3.05) is 32.8 Å². The van der Waals surface area contributed by atoms with Gasteiger partial charge < -0.3 is 5.11 Å². The number of piperidine rings is 2. The number of hydrazine groups is 1. The summed E-state index contributed by atoms with van der Waals surface area (Å²) in [5.41, 5.74) is 0. The van der Waals surface area contributed by atoms with Crippen LogP contribution >= 0.6 is 0 Å². The van der Waals surface area contributed by atoms with Crippen LogP contribution in [0.15, 0.2) is 0 Å². The van der Waals surface area contributed by atoms with Gasteiger partial charge in [0.05, 0.1) is 0 Å². The van der Waals surface area contributed by atoms with Crippen LogP contribution in [0.2, 0.25) is 0 Å². The van der Waals surface area contributed by atoms with E-state index in [1.54, 1.807) is 0 Å². The highest BCUT2D eigenvalue weighted by atomic mass is 16.3. The van der Waals surface area contributed by atoms with Crippen molar-refractivity contribution in [3.63, 3.8) is 0 Å². The molecule has 2 aliphatic rings. The van der Waals surface area contributed by atoms with E-state index >= 15 is 0 Å². The molecule has 0 atom stereocenters. The van der Waals surface area contributed by atoms with Gasteiger partial charge in [0.15, 0.2) is 0 Å². The molecule has 0 aromatic heterocycles. The highest BCUT2D eigenvalue weighted by Gasteiger charge is 2.23. The number of hydrogen-bond donors (Lipinski definition) is 1. The average Bonchev–Trinajstić information content (AvgIpc) is 2.30. The Morgan fingerprint density at radius 1 is 0.857 bits per heavy atom. The fraction of sp³-hybridized carbons (Fsp3) is 1.00. The lowest BCUT2D eigenvalue weighted by molar-refractivity contribution is -0.0649. The second kappa shape index (κ2) is 5.10. The minimum atomic E-state index is 0.383. The predicted octanol–water partition coefficient (Wildman–Crippen LogP) is 1.09. The SMILES string of the molecule is OCC1CCN(N2CCCCC2)CC1. The standard InChI is InChI=1S/C11H22N2O/c14-10-11-4-8-13(9-5-11)12-6-2-1-3-7-12/h11,14H,1-10H2. The second-order valence-electron chi connectivity index (χ2n) is 4.59. The molecule has 2 saturated heterocycles. The molecule has 0 spiro atoms. The van der Waals surface area contributed by atoms with Crippen LogP contribution in [0, 0.1) is 5.92 Å². The molecule has 0 aromatic carbocycles. The summed E-state index contributed by atoms with van der Waals surface area (Å²) in [5, 5.41) is 14.1. The third-order valence-corrected chi connectivity index (χ3v) is 3.58. The van der Waals surface area contributed by atoms with E-state index < -0.39 is 0 Å². The maximum atomic E-state index is 9.06. The summed E-state index contributed by atoms with van der Waals surface area (Å²) in [7, 11) is 0. The minimum Gasteiger partial charge on any atom is -0.396 e. The van der Waals surface area contributed by atoms with Crippen LogP contribution in [-0.2, 0) is 0 Å². The summed E-state index contributed by atoms with van der Waals surface area (Å²) >= 11 is 0. The molecular weight excluding hydrogens is 176 g/mol. The molecule has 0 bridgehead atoms. The quantitative estimate of drug-likeness (QED) is 0.719. The lowest BCUT2D eigenvalue weighted by Crippen LogP contribution is -2.49. The number of nitrogens with zero attached hydrogens (tertiary/aromatic N) is 2. The minimum absolute atomic E-state index is 0.383. The molecule has 0 aliphatic carbocycles. The van der Waals surface area contributed by atoms with E-state index in [-0.39, 0.29) is 0 Å². The first-order valence-electron chi connectivity index (χ1n) is 6.01. The highest BCUT2D eigenvalue weighted by molar-refractivity contribution is 4.72. The average molecular weight is 198 g/mol. The first-order valence-corrected chi connectivity index (χ1v) is 6.01. The monoisotopic (exact) mass is 198 g/mol. The van der Waals surface area contributed by atoms with Crippen LogP contribution < -0.4 is 0 Å². The molecule has 2 fully saturated rings. The molecule has 3 heteroatoms. The van der Waals surface area contributed by atoms with Crippen LogP contribution in [0.3, 0.4) is 0 Å². The van der Waals surface area contributed by atoms with Gasteiger partial charge in [-0.3, -0.25) is 0 Å². The van der Waals surface area contributed by atoms with Gasteiger partial charge in [-0.05, 0) is 31.6 Å². The molecular formula is C11H22N2O. The number of aliphatic hydroxyl groups excluding tert-OH is 1. The Bertz CT molecular complexity index is 161. The van der Waals surface area contributed by atoms with E-state index in [0.717, 1.165) is 13.1 Å². The normalized spacial score (nSPS) is 28.1. The first-order chi connectivity index (χ1) is 6.90. The zero-order valence-corrected chi connectivity index (χ0v) is 8.99. The second-order valence-corrected chi connectivity index (χ2v) is 4.59. The van der Waals surface area contributed by atoms with Gasteiger partial charge in [-0.2, -0.15) is 0 Å². The van der Waals surface area contributed by atoms with Crippen molar-refractivity contribution < 1.29 is 5.11 Å². The molecule has 0 unspecified atom stereocenters. The van der Waals surface area contributed by atoms with Gasteiger partial charge in [0.1, 0.15) is 0 Å². The van der Waals surface area contributed by atoms with E-state index in [0.29, 0.717) is 12.5 Å². The smallest absolute Gasteiger partial charge is 0.0460 e. The first kappa shape index (κ1) is 10.4. The van der Waals surface area contributed by atoms with Crippen LogP contribution in [0.25, 0.3) is 0 Å². The number of rotatable bonds is 2. The molecule has 0 saturated carbocycles. The Kier molecular flexibility index (Phi) is 3.79.